The third kappa shape index (κ3) is 4.56. The molecular formula is C23H22ClN3O2S. The van der Waals surface area contributed by atoms with Gasteiger partial charge in [-0.25, -0.2) is 9.35 Å². The minimum absolute atomic E-state index is 0.161. The van der Waals surface area contributed by atoms with E-state index in [1.165, 1.54) is 0 Å². The van der Waals surface area contributed by atoms with Crippen LogP contribution in [0.2, 0.25) is 5.02 Å². The molecule has 0 aliphatic carbocycles. The monoisotopic (exact) mass is 439 g/mol. The molecule has 7 heteroatoms. The predicted octanol–water partition coefficient (Wildman–Crippen LogP) is 4.07. The van der Waals surface area contributed by atoms with Crippen LogP contribution >= 0.6 is 11.6 Å². The van der Waals surface area contributed by atoms with Crippen molar-refractivity contribution in [2.45, 2.75) is 24.3 Å². The number of hydrogen-bond donors (Lipinski definition) is 2. The Labute approximate surface area is 183 Å². The summed E-state index contributed by atoms with van der Waals surface area (Å²) in [7, 11) is -1.63. The third-order valence-electron chi connectivity index (χ3n) is 5.22. The minimum Gasteiger partial charge on any atom is -0.367 e. The summed E-state index contributed by atoms with van der Waals surface area (Å²) in [5.74, 6) is -0.187. The lowest BCUT2D eigenvalue weighted by atomic mass is 9.98. The number of nitrogens with one attached hydrogen (secondary N) is 1. The number of hydrogen-bond acceptors (Lipinski definition) is 3. The van der Waals surface area contributed by atoms with E-state index in [1.54, 1.807) is 12.1 Å². The molecule has 0 saturated heterocycles. The molecule has 1 atom stereocenters. The van der Waals surface area contributed by atoms with Crippen molar-refractivity contribution in [1.29, 1.82) is 0 Å². The lowest BCUT2D eigenvalue weighted by Gasteiger charge is -2.32. The number of para-hydroxylation sites is 1. The van der Waals surface area contributed by atoms with Gasteiger partial charge in [0.25, 0.3) is 0 Å². The first-order chi connectivity index (χ1) is 14.5. The van der Waals surface area contributed by atoms with Crippen LogP contribution in [0.4, 0.5) is 11.4 Å². The van der Waals surface area contributed by atoms with Crippen molar-refractivity contribution in [3.05, 3.63) is 88.4 Å². The lowest BCUT2D eigenvalue weighted by Crippen LogP contribution is -2.31. The number of anilines is 2. The molecule has 1 aliphatic rings. The molecule has 1 heterocycles. The highest BCUT2D eigenvalue weighted by atomic mass is 35.5. The molecule has 4 rings (SSSR count). The van der Waals surface area contributed by atoms with Crippen molar-refractivity contribution >= 4 is 39.9 Å². The van der Waals surface area contributed by atoms with E-state index in [2.05, 4.69) is 22.3 Å². The highest BCUT2D eigenvalue weighted by Crippen LogP contribution is 2.30. The molecule has 1 amide bonds. The van der Waals surface area contributed by atoms with E-state index in [0.717, 1.165) is 35.3 Å². The molecule has 1 aliphatic heterocycles. The molecule has 154 valence electrons. The molecule has 1 unspecified atom stereocenters. The first kappa shape index (κ1) is 20.6. The van der Waals surface area contributed by atoms with Crippen LogP contribution in [0.3, 0.4) is 0 Å². The number of nitrogens with two attached hydrogens (primary N) is 1. The summed E-state index contributed by atoms with van der Waals surface area (Å²) in [4.78, 5) is 15.4. The normalized spacial score (nSPS) is 14.1. The first-order valence-electron chi connectivity index (χ1n) is 9.66. The van der Waals surface area contributed by atoms with Gasteiger partial charge in [-0.05, 0) is 53.4 Å². The maximum Gasteiger partial charge on any atom is 0.228 e. The van der Waals surface area contributed by atoms with Gasteiger partial charge in [0.05, 0.1) is 11.3 Å². The summed E-state index contributed by atoms with van der Waals surface area (Å²) in [5.41, 5.74) is 4.51. The first-order valence-corrected chi connectivity index (χ1v) is 11.3. The molecule has 5 nitrogen and oxygen atoms in total. The van der Waals surface area contributed by atoms with Gasteiger partial charge in [-0.1, -0.05) is 48.0 Å². The minimum atomic E-state index is -1.63. The molecule has 0 radical (unpaired) electrons. The van der Waals surface area contributed by atoms with Crippen LogP contribution in [0, 0.1) is 0 Å². The molecule has 3 aromatic rings. The Morgan fingerprint density at radius 2 is 1.83 bits per heavy atom. The van der Waals surface area contributed by atoms with E-state index < -0.39 is 11.0 Å². The molecule has 3 aromatic carbocycles. The largest absolute Gasteiger partial charge is 0.367 e. The Balaban J connectivity index is 1.59. The van der Waals surface area contributed by atoms with Gasteiger partial charge < -0.3 is 10.2 Å². The summed E-state index contributed by atoms with van der Waals surface area (Å²) in [6.07, 6.45) is 0.907. The zero-order chi connectivity index (χ0) is 21.1. The number of rotatable bonds is 5. The van der Waals surface area contributed by atoms with E-state index >= 15 is 0 Å². The van der Waals surface area contributed by atoms with Crippen molar-refractivity contribution in [2.75, 3.05) is 16.8 Å². The number of benzene rings is 3. The van der Waals surface area contributed by atoms with Gasteiger partial charge in [0, 0.05) is 29.5 Å². The van der Waals surface area contributed by atoms with Gasteiger partial charge in [0.15, 0.2) is 0 Å². The molecule has 0 spiro atoms. The fraction of sp³-hybridized carbons (Fsp3) is 0.174. The van der Waals surface area contributed by atoms with Gasteiger partial charge in [-0.3, -0.25) is 4.79 Å². The maximum absolute atomic E-state index is 12.6. The van der Waals surface area contributed by atoms with Crippen molar-refractivity contribution in [1.82, 2.24) is 0 Å². The van der Waals surface area contributed by atoms with Crippen LogP contribution in [0.25, 0.3) is 0 Å². The van der Waals surface area contributed by atoms with Crippen LogP contribution < -0.4 is 15.4 Å². The molecular weight excluding hydrogens is 418 g/mol. The van der Waals surface area contributed by atoms with E-state index in [4.69, 9.17) is 16.7 Å². The zero-order valence-electron chi connectivity index (χ0n) is 16.3. The highest BCUT2D eigenvalue weighted by Gasteiger charge is 2.22. The van der Waals surface area contributed by atoms with Gasteiger partial charge in [-0.15, -0.1) is 0 Å². The van der Waals surface area contributed by atoms with Crippen LogP contribution in [-0.2, 0) is 35.2 Å². The molecule has 0 saturated carbocycles. The van der Waals surface area contributed by atoms with Crippen LogP contribution in [0.1, 0.15) is 16.7 Å². The van der Waals surface area contributed by atoms with Crippen LogP contribution in [0.15, 0.2) is 71.6 Å². The Morgan fingerprint density at radius 1 is 1.10 bits per heavy atom. The molecule has 0 bridgehead atoms. The molecule has 0 fully saturated rings. The van der Waals surface area contributed by atoms with Crippen LogP contribution in [-0.4, -0.2) is 16.7 Å². The fourth-order valence-electron chi connectivity index (χ4n) is 3.79. The smallest absolute Gasteiger partial charge is 0.228 e. The van der Waals surface area contributed by atoms with Crippen molar-refractivity contribution in [2.24, 2.45) is 5.14 Å². The molecule has 30 heavy (non-hydrogen) atoms. The van der Waals surface area contributed by atoms with E-state index in [1.807, 2.05) is 42.5 Å². The second-order valence-corrected chi connectivity index (χ2v) is 8.67. The Kier molecular flexibility index (Phi) is 6.18. The standard InChI is InChI=1S/C23H22ClN3O2S/c24-21-9-5-4-6-16(21)13-23(28)26-18-12-17-15-27(19-7-2-1-3-8-19)11-10-20(17)22(14-18)30(25)29/h1-9,12,14H,10-11,13,15,25H2,(H,26,28). The highest BCUT2D eigenvalue weighted by molar-refractivity contribution is 7.82. The Bertz CT molecular complexity index is 1100. The zero-order valence-corrected chi connectivity index (χ0v) is 17.9. The summed E-state index contributed by atoms with van der Waals surface area (Å²) in [6.45, 7) is 1.48. The predicted molar refractivity (Wildman–Crippen MR) is 122 cm³/mol. The summed E-state index contributed by atoms with van der Waals surface area (Å²) < 4.78 is 12.2. The fourth-order valence-corrected chi connectivity index (χ4v) is 4.71. The second-order valence-electron chi connectivity index (χ2n) is 7.23. The molecule has 0 aromatic heterocycles. The lowest BCUT2D eigenvalue weighted by molar-refractivity contribution is -0.115. The second kappa shape index (κ2) is 9.00. The van der Waals surface area contributed by atoms with Gasteiger partial charge in [0.2, 0.25) is 5.91 Å². The van der Waals surface area contributed by atoms with Gasteiger partial charge in [0.1, 0.15) is 11.0 Å². The van der Waals surface area contributed by atoms with E-state index in [9.17, 15) is 9.00 Å². The topological polar surface area (TPSA) is 75.4 Å². The van der Waals surface area contributed by atoms with Crippen molar-refractivity contribution in [3.63, 3.8) is 0 Å². The average molecular weight is 440 g/mol. The Morgan fingerprint density at radius 3 is 2.57 bits per heavy atom. The maximum atomic E-state index is 12.6. The molecule has 3 N–H and O–H groups in total. The van der Waals surface area contributed by atoms with Gasteiger partial charge >= 0.3 is 0 Å². The third-order valence-corrected chi connectivity index (χ3v) is 6.39. The van der Waals surface area contributed by atoms with Crippen LogP contribution in [0.5, 0.6) is 0 Å². The quantitative estimate of drug-likeness (QED) is 0.629. The SMILES string of the molecule is NS(=O)c1cc(NC(=O)Cc2ccccc2Cl)cc2c1CCN(c1ccccc1)C2. The number of fused-ring (bicyclic) bond motifs is 1. The number of amides is 1. The van der Waals surface area contributed by atoms with Crippen molar-refractivity contribution < 1.29 is 9.00 Å². The average Bonchev–Trinajstić information content (AvgIpc) is 2.75. The Hall–Kier alpha value is -2.67. The van der Waals surface area contributed by atoms with Gasteiger partial charge in [-0.2, -0.15) is 0 Å². The number of halogens is 1. The van der Waals surface area contributed by atoms with E-state index in [0.29, 0.717) is 22.2 Å². The van der Waals surface area contributed by atoms with E-state index in [-0.39, 0.29) is 12.3 Å². The number of carbonyl (C=O) groups is 1. The van der Waals surface area contributed by atoms with Crippen molar-refractivity contribution in [3.8, 4) is 0 Å². The summed E-state index contributed by atoms with van der Waals surface area (Å²) >= 11 is 6.16. The summed E-state index contributed by atoms with van der Waals surface area (Å²) in [6, 6.07) is 21.1. The summed E-state index contributed by atoms with van der Waals surface area (Å²) in [5, 5.41) is 9.22. The number of nitrogens with zero attached hydrogens (tertiary/aromatic N) is 1. The number of carbonyl (C=O) groups excluding carboxylic acids is 1.